The molecule has 0 amide bonds. The van der Waals surface area contributed by atoms with Gasteiger partial charge in [-0.25, -0.2) is 13.6 Å². The van der Waals surface area contributed by atoms with E-state index in [1.165, 1.54) is 0 Å². The highest BCUT2D eigenvalue weighted by atomic mass is 32.2. The van der Waals surface area contributed by atoms with E-state index in [-0.39, 0.29) is 5.25 Å². The summed E-state index contributed by atoms with van der Waals surface area (Å²) in [4.78, 5) is 2.17. The number of hydrogen-bond acceptors (Lipinski definition) is 3. The summed E-state index contributed by atoms with van der Waals surface area (Å²) < 4.78 is 21.9. The smallest absolute Gasteiger partial charge is 0.213 e. The highest BCUT2D eigenvalue weighted by Gasteiger charge is 2.43. The minimum absolute atomic E-state index is 0.281. The van der Waals surface area contributed by atoms with Gasteiger partial charge in [0.05, 0.1) is 5.25 Å². The molecule has 2 rings (SSSR count). The molecule has 2 bridgehead atoms. The predicted octanol–water partition coefficient (Wildman–Crippen LogP) is -1.02. The summed E-state index contributed by atoms with van der Waals surface area (Å²) in [6.45, 7) is 2.64. The Bertz CT molecular complexity index is 262. The second-order valence-electron chi connectivity index (χ2n) is 3.44. The molecule has 2 aliphatic rings. The van der Waals surface area contributed by atoms with Gasteiger partial charge in [-0.05, 0) is 18.9 Å². The molecule has 2 fully saturated rings. The summed E-state index contributed by atoms with van der Waals surface area (Å²) in [5.74, 6) is 0.310. The molecule has 0 spiro atoms. The number of nitrogens with zero attached hydrogens (tertiary/aromatic N) is 1. The van der Waals surface area contributed by atoms with Crippen molar-refractivity contribution in [3.63, 3.8) is 0 Å². The van der Waals surface area contributed by atoms with E-state index in [1.807, 2.05) is 0 Å². The minimum atomic E-state index is -3.28. The highest BCUT2D eigenvalue weighted by Crippen LogP contribution is 2.30. The lowest BCUT2D eigenvalue weighted by Gasteiger charge is -2.19. The average molecular weight is 176 g/mol. The number of sulfonamides is 1. The molecule has 0 radical (unpaired) electrons. The molecule has 11 heavy (non-hydrogen) atoms. The van der Waals surface area contributed by atoms with E-state index in [1.54, 1.807) is 0 Å². The summed E-state index contributed by atoms with van der Waals surface area (Å²) in [6.07, 6.45) is 1.00. The summed E-state index contributed by atoms with van der Waals surface area (Å²) in [6, 6.07) is 0. The largest absolute Gasteiger partial charge is 0.302 e. The lowest BCUT2D eigenvalue weighted by atomic mass is 10.1. The first-order valence-corrected chi connectivity index (χ1v) is 5.42. The van der Waals surface area contributed by atoms with Crippen LogP contribution in [-0.4, -0.2) is 38.2 Å². The standard InChI is InChI=1S/C6H12N2O2S/c7-11(9,10)6-4-8-2-1-5(6)3-8/h5-6H,1-4H2,(H2,7,9,10). The Kier molecular flexibility index (Phi) is 1.49. The lowest BCUT2D eigenvalue weighted by molar-refractivity contribution is 0.367. The maximum Gasteiger partial charge on any atom is 0.213 e. The van der Waals surface area contributed by atoms with Gasteiger partial charge in [0.1, 0.15) is 0 Å². The topological polar surface area (TPSA) is 63.4 Å². The van der Waals surface area contributed by atoms with Crippen LogP contribution in [0.5, 0.6) is 0 Å². The summed E-state index contributed by atoms with van der Waals surface area (Å²) in [5, 5.41) is 4.79. The second-order valence-corrected chi connectivity index (χ2v) is 5.22. The van der Waals surface area contributed by atoms with Gasteiger partial charge >= 0.3 is 0 Å². The van der Waals surface area contributed by atoms with Crippen molar-refractivity contribution < 1.29 is 8.42 Å². The van der Waals surface area contributed by atoms with E-state index >= 15 is 0 Å². The van der Waals surface area contributed by atoms with Crippen molar-refractivity contribution >= 4 is 10.0 Å². The Hall–Kier alpha value is -0.130. The zero-order valence-corrected chi connectivity index (χ0v) is 7.05. The van der Waals surface area contributed by atoms with E-state index in [2.05, 4.69) is 4.90 Å². The number of nitrogens with two attached hydrogens (primary N) is 1. The van der Waals surface area contributed by atoms with Crippen LogP contribution in [0.3, 0.4) is 0 Å². The Morgan fingerprint density at radius 1 is 1.36 bits per heavy atom. The molecule has 3 atom stereocenters. The first-order valence-electron chi connectivity index (χ1n) is 3.81. The van der Waals surface area contributed by atoms with Gasteiger partial charge in [-0.1, -0.05) is 0 Å². The summed E-state index contributed by atoms with van der Waals surface area (Å²) in [7, 11) is -3.28. The molecule has 5 heteroatoms. The fourth-order valence-corrected chi connectivity index (χ4v) is 3.28. The van der Waals surface area contributed by atoms with Crippen molar-refractivity contribution in [2.75, 3.05) is 19.6 Å². The molecular formula is C6H12N2O2S. The van der Waals surface area contributed by atoms with E-state index in [9.17, 15) is 8.42 Å². The monoisotopic (exact) mass is 176 g/mol. The van der Waals surface area contributed by atoms with Crippen LogP contribution in [0.25, 0.3) is 0 Å². The SMILES string of the molecule is NS(=O)(=O)C1CN2CCC1C2. The number of primary sulfonamides is 1. The molecule has 2 aliphatic heterocycles. The third kappa shape index (κ3) is 1.17. The number of hydrogen-bond donors (Lipinski definition) is 1. The molecule has 0 aromatic carbocycles. The number of rotatable bonds is 1. The van der Waals surface area contributed by atoms with Gasteiger partial charge < -0.3 is 4.90 Å². The fraction of sp³-hybridized carbons (Fsp3) is 1.00. The van der Waals surface area contributed by atoms with Gasteiger partial charge in [0.2, 0.25) is 10.0 Å². The van der Waals surface area contributed by atoms with E-state index in [0.717, 1.165) is 19.5 Å². The zero-order valence-electron chi connectivity index (χ0n) is 6.23. The molecule has 0 aromatic heterocycles. The Morgan fingerprint density at radius 2 is 2.09 bits per heavy atom. The number of fused-ring (bicyclic) bond motifs is 2. The van der Waals surface area contributed by atoms with Crippen molar-refractivity contribution in [3.8, 4) is 0 Å². The molecule has 4 nitrogen and oxygen atoms in total. The van der Waals surface area contributed by atoms with Crippen molar-refractivity contribution in [1.82, 2.24) is 4.90 Å². The predicted molar refractivity (Wildman–Crippen MR) is 41.4 cm³/mol. The zero-order chi connectivity index (χ0) is 8.06. The normalized spacial score (nSPS) is 43.2. The minimum Gasteiger partial charge on any atom is -0.302 e. The molecule has 2 heterocycles. The van der Waals surface area contributed by atoms with Crippen LogP contribution in [0.1, 0.15) is 6.42 Å². The third-order valence-electron chi connectivity index (χ3n) is 2.69. The maximum absolute atomic E-state index is 11.0. The van der Waals surface area contributed by atoms with Gasteiger partial charge in [-0.15, -0.1) is 0 Å². The molecule has 2 saturated heterocycles. The van der Waals surface area contributed by atoms with Crippen LogP contribution in [0.4, 0.5) is 0 Å². The first-order chi connectivity index (χ1) is 5.07. The average Bonchev–Trinajstić information content (AvgIpc) is 2.42. The van der Waals surface area contributed by atoms with E-state index < -0.39 is 10.0 Å². The highest BCUT2D eigenvalue weighted by molar-refractivity contribution is 7.89. The quantitative estimate of drug-likeness (QED) is 0.556. The van der Waals surface area contributed by atoms with E-state index in [4.69, 9.17) is 5.14 Å². The molecule has 3 unspecified atom stereocenters. The van der Waals surface area contributed by atoms with Gasteiger partial charge in [0, 0.05) is 13.1 Å². The molecule has 64 valence electrons. The van der Waals surface area contributed by atoms with Gasteiger partial charge in [0.25, 0.3) is 0 Å². The van der Waals surface area contributed by atoms with Crippen LogP contribution < -0.4 is 5.14 Å². The van der Waals surface area contributed by atoms with Crippen LogP contribution in [-0.2, 0) is 10.0 Å². The maximum atomic E-state index is 11.0. The third-order valence-corrected chi connectivity index (χ3v) is 4.07. The van der Waals surface area contributed by atoms with Gasteiger partial charge in [0.15, 0.2) is 0 Å². The molecule has 0 aliphatic carbocycles. The van der Waals surface area contributed by atoms with Crippen molar-refractivity contribution in [3.05, 3.63) is 0 Å². The van der Waals surface area contributed by atoms with Crippen LogP contribution in [0.2, 0.25) is 0 Å². The van der Waals surface area contributed by atoms with Crippen molar-refractivity contribution in [2.24, 2.45) is 11.1 Å². The van der Waals surface area contributed by atoms with Crippen molar-refractivity contribution in [2.45, 2.75) is 11.7 Å². The van der Waals surface area contributed by atoms with Gasteiger partial charge in [-0.2, -0.15) is 0 Å². The van der Waals surface area contributed by atoms with Crippen LogP contribution in [0, 0.1) is 5.92 Å². The van der Waals surface area contributed by atoms with E-state index in [0.29, 0.717) is 12.5 Å². The van der Waals surface area contributed by atoms with Gasteiger partial charge in [-0.3, -0.25) is 0 Å². The molecular weight excluding hydrogens is 164 g/mol. The first kappa shape index (κ1) is 7.52. The van der Waals surface area contributed by atoms with Crippen molar-refractivity contribution in [1.29, 1.82) is 0 Å². The molecule has 0 aromatic rings. The molecule has 0 saturated carbocycles. The molecule has 2 N–H and O–H groups in total. The van der Waals surface area contributed by atoms with Crippen LogP contribution >= 0.6 is 0 Å². The van der Waals surface area contributed by atoms with Crippen LogP contribution in [0.15, 0.2) is 0 Å². The second kappa shape index (κ2) is 2.18. The summed E-state index contributed by atoms with van der Waals surface area (Å²) in [5.41, 5.74) is 0. The lowest BCUT2D eigenvalue weighted by Crippen LogP contribution is -2.38. The Labute approximate surface area is 66.4 Å². The fourth-order valence-electron chi connectivity index (χ4n) is 2.11. The summed E-state index contributed by atoms with van der Waals surface area (Å²) >= 11 is 0. The Balaban J connectivity index is 2.21. The number of piperidine rings is 1. The Morgan fingerprint density at radius 3 is 2.36 bits per heavy atom.